The van der Waals surface area contributed by atoms with Gasteiger partial charge in [-0.1, -0.05) is 37.3 Å². The molecular formula is C18H23NO. The first kappa shape index (κ1) is 14.4. The second-order valence-corrected chi connectivity index (χ2v) is 5.05. The molecule has 0 radical (unpaired) electrons. The smallest absolute Gasteiger partial charge is 0.119 e. The molecule has 0 saturated carbocycles. The number of hydrogen-bond acceptors (Lipinski definition) is 2. The van der Waals surface area contributed by atoms with Crippen LogP contribution in [0.1, 0.15) is 23.6 Å². The number of hydrogen-bond donors (Lipinski definition) is 1. The third-order valence-corrected chi connectivity index (χ3v) is 3.40. The quantitative estimate of drug-likeness (QED) is 0.787. The molecule has 0 unspecified atom stereocenters. The molecular weight excluding hydrogens is 246 g/mol. The number of ether oxygens (including phenoxy) is 1. The van der Waals surface area contributed by atoms with Crippen LogP contribution in [-0.2, 0) is 6.42 Å². The van der Waals surface area contributed by atoms with E-state index in [9.17, 15) is 0 Å². The van der Waals surface area contributed by atoms with Crippen LogP contribution in [0.4, 0.5) is 5.69 Å². The predicted octanol–water partition coefficient (Wildman–Crippen LogP) is 4.36. The molecule has 2 heteroatoms. The van der Waals surface area contributed by atoms with Gasteiger partial charge in [-0.25, -0.2) is 0 Å². The van der Waals surface area contributed by atoms with Crippen molar-refractivity contribution in [1.82, 2.24) is 0 Å². The number of rotatable bonds is 6. The Labute approximate surface area is 121 Å². The molecule has 0 aliphatic rings. The van der Waals surface area contributed by atoms with E-state index in [1.807, 2.05) is 12.1 Å². The molecule has 0 fully saturated rings. The average molecular weight is 269 g/mol. The summed E-state index contributed by atoms with van der Waals surface area (Å²) in [4.78, 5) is 0. The van der Waals surface area contributed by atoms with Crippen LogP contribution in [0.15, 0.2) is 42.5 Å². The van der Waals surface area contributed by atoms with E-state index in [2.05, 4.69) is 56.4 Å². The molecule has 2 aromatic carbocycles. The van der Waals surface area contributed by atoms with Crippen LogP contribution >= 0.6 is 0 Å². The maximum absolute atomic E-state index is 5.76. The van der Waals surface area contributed by atoms with Gasteiger partial charge in [-0.15, -0.1) is 0 Å². The first-order valence-electron chi connectivity index (χ1n) is 7.22. The van der Waals surface area contributed by atoms with Gasteiger partial charge in [-0.3, -0.25) is 0 Å². The number of para-hydroxylation sites is 1. The zero-order chi connectivity index (χ0) is 14.4. The van der Waals surface area contributed by atoms with Crippen molar-refractivity contribution in [3.8, 4) is 5.75 Å². The maximum atomic E-state index is 5.76. The Hall–Kier alpha value is -1.96. The van der Waals surface area contributed by atoms with Crippen LogP contribution in [0.5, 0.6) is 5.75 Å². The average Bonchev–Trinajstić information content (AvgIpc) is 2.45. The second kappa shape index (κ2) is 6.99. The normalized spacial score (nSPS) is 10.3. The van der Waals surface area contributed by atoms with Crippen LogP contribution in [0.2, 0.25) is 0 Å². The van der Waals surface area contributed by atoms with Crippen LogP contribution in [0.25, 0.3) is 0 Å². The summed E-state index contributed by atoms with van der Waals surface area (Å²) >= 11 is 0. The van der Waals surface area contributed by atoms with E-state index < -0.39 is 0 Å². The summed E-state index contributed by atoms with van der Waals surface area (Å²) in [5.41, 5.74) is 5.13. The van der Waals surface area contributed by atoms with Gasteiger partial charge in [-0.2, -0.15) is 0 Å². The summed E-state index contributed by atoms with van der Waals surface area (Å²) in [6, 6.07) is 14.6. The molecule has 0 aromatic heterocycles. The van der Waals surface area contributed by atoms with Crippen molar-refractivity contribution in [3.05, 3.63) is 59.2 Å². The molecule has 0 amide bonds. The van der Waals surface area contributed by atoms with E-state index in [0.29, 0.717) is 6.61 Å². The fourth-order valence-corrected chi connectivity index (χ4v) is 2.33. The van der Waals surface area contributed by atoms with Gasteiger partial charge in [0.25, 0.3) is 0 Å². The third kappa shape index (κ3) is 3.77. The lowest BCUT2D eigenvalue weighted by Crippen LogP contribution is -2.13. The first-order valence-corrected chi connectivity index (χ1v) is 7.22. The van der Waals surface area contributed by atoms with Gasteiger partial charge in [-0.05, 0) is 49.1 Å². The van der Waals surface area contributed by atoms with E-state index >= 15 is 0 Å². The monoisotopic (exact) mass is 269 g/mol. The molecule has 0 bridgehead atoms. The molecule has 0 aliphatic heterocycles. The fourth-order valence-electron chi connectivity index (χ4n) is 2.33. The van der Waals surface area contributed by atoms with E-state index in [4.69, 9.17) is 4.74 Å². The summed E-state index contributed by atoms with van der Waals surface area (Å²) in [7, 11) is 0. The Morgan fingerprint density at radius 3 is 2.60 bits per heavy atom. The lowest BCUT2D eigenvalue weighted by atomic mass is 10.1. The van der Waals surface area contributed by atoms with E-state index in [1.165, 1.54) is 22.4 Å². The molecule has 0 spiro atoms. The number of nitrogens with one attached hydrogen (secondary N) is 1. The van der Waals surface area contributed by atoms with Gasteiger partial charge in [0.2, 0.25) is 0 Å². The Bertz CT molecular complexity index is 563. The number of anilines is 1. The summed E-state index contributed by atoms with van der Waals surface area (Å²) in [6.07, 6.45) is 1.04. The summed E-state index contributed by atoms with van der Waals surface area (Å²) < 4.78 is 5.76. The maximum Gasteiger partial charge on any atom is 0.119 e. The van der Waals surface area contributed by atoms with Gasteiger partial charge in [0.05, 0.1) is 0 Å². The Balaban J connectivity index is 1.87. The molecule has 2 rings (SSSR count). The minimum Gasteiger partial charge on any atom is -0.492 e. The van der Waals surface area contributed by atoms with Crippen molar-refractivity contribution < 1.29 is 4.74 Å². The SMILES string of the molecule is CCc1cccc(C)c1NCCOc1cccc(C)c1. The zero-order valence-electron chi connectivity index (χ0n) is 12.6. The molecule has 0 heterocycles. The van der Waals surface area contributed by atoms with E-state index in [-0.39, 0.29) is 0 Å². The van der Waals surface area contributed by atoms with E-state index in [0.717, 1.165) is 18.7 Å². The molecule has 1 N–H and O–H groups in total. The fraction of sp³-hybridized carbons (Fsp3) is 0.333. The summed E-state index contributed by atoms with van der Waals surface area (Å²) in [5, 5.41) is 3.49. The Kier molecular flexibility index (Phi) is 5.05. The minimum absolute atomic E-state index is 0.668. The van der Waals surface area contributed by atoms with Gasteiger partial charge in [0, 0.05) is 12.2 Å². The first-order chi connectivity index (χ1) is 9.70. The molecule has 106 valence electrons. The van der Waals surface area contributed by atoms with Crippen molar-refractivity contribution in [1.29, 1.82) is 0 Å². The topological polar surface area (TPSA) is 21.3 Å². The van der Waals surface area contributed by atoms with Crippen molar-refractivity contribution in [2.75, 3.05) is 18.5 Å². The number of aryl methyl sites for hydroxylation is 3. The third-order valence-electron chi connectivity index (χ3n) is 3.40. The largest absolute Gasteiger partial charge is 0.492 e. The highest BCUT2D eigenvalue weighted by atomic mass is 16.5. The van der Waals surface area contributed by atoms with Crippen molar-refractivity contribution >= 4 is 5.69 Å². The van der Waals surface area contributed by atoms with Crippen LogP contribution in [0.3, 0.4) is 0 Å². The molecule has 0 aliphatic carbocycles. The highest BCUT2D eigenvalue weighted by molar-refractivity contribution is 5.57. The van der Waals surface area contributed by atoms with E-state index in [1.54, 1.807) is 0 Å². The second-order valence-electron chi connectivity index (χ2n) is 5.05. The lowest BCUT2D eigenvalue weighted by molar-refractivity contribution is 0.332. The predicted molar refractivity (Wildman–Crippen MR) is 85.7 cm³/mol. The number of benzene rings is 2. The standard InChI is InChI=1S/C18H23NO/c1-4-16-9-6-8-15(3)18(16)19-11-12-20-17-10-5-7-14(2)13-17/h5-10,13,19H,4,11-12H2,1-3H3. The van der Waals surface area contributed by atoms with Gasteiger partial charge < -0.3 is 10.1 Å². The summed E-state index contributed by atoms with van der Waals surface area (Å²) in [5.74, 6) is 0.937. The van der Waals surface area contributed by atoms with Gasteiger partial charge in [0.15, 0.2) is 0 Å². The lowest BCUT2D eigenvalue weighted by Gasteiger charge is -2.14. The summed E-state index contributed by atoms with van der Waals surface area (Å²) in [6.45, 7) is 7.88. The zero-order valence-corrected chi connectivity index (χ0v) is 12.6. The molecule has 0 atom stereocenters. The molecule has 0 saturated heterocycles. The van der Waals surface area contributed by atoms with Crippen LogP contribution in [0, 0.1) is 13.8 Å². The molecule has 2 nitrogen and oxygen atoms in total. The van der Waals surface area contributed by atoms with Crippen LogP contribution in [-0.4, -0.2) is 13.2 Å². The Morgan fingerprint density at radius 2 is 1.85 bits per heavy atom. The van der Waals surface area contributed by atoms with Gasteiger partial charge >= 0.3 is 0 Å². The highest BCUT2D eigenvalue weighted by Gasteiger charge is 2.03. The Morgan fingerprint density at radius 1 is 1.05 bits per heavy atom. The molecule has 20 heavy (non-hydrogen) atoms. The van der Waals surface area contributed by atoms with Gasteiger partial charge in [0.1, 0.15) is 12.4 Å². The van der Waals surface area contributed by atoms with Crippen LogP contribution < -0.4 is 10.1 Å². The van der Waals surface area contributed by atoms with Crippen molar-refractivity contribution in [3.63, 3.8) is 0 Å². The van der Waals surface area contributed by atoms with Crippen molar-refractivity contribution in [2.24, 2.45) is 0 Å². The molecule has 2 aromatic rings. The highest BCUT2D eigenvalue weighted by Crippen LogP contribution is 2.20. The van der Waals surface area contributed by atoms with Crippen molar-refractivity contribution in [2.45, 2.75) is 27.2 Å². The minimum atomic E-state index is 0.668.